The van der Waals surface area contributed by atoms with Crippen molar-refractivity contribution in [2.75, 3.05) is 18.0 Å². The number of piperidine rings is 1. The number of hydrogen-bond acceptors (Lipinski definition) is 4. The van der Waals surface area contributed by atoms with Gasteiger partial charge in [-0.05, 0) is 45.7 Å². The molecular weight excluding hydrogens is 311 g/mol. The summed E-state index contributed by atoms with van der Waals surface area (Å²) < 4.78 is 5.45. The number of anilines is 1. The van der Waals surface area contributed by atoms with Crippen LogP contribution in [0.25, 0.3) is 0 Å². The highest BCUT2D eigenvalue weighted by atomic mass is 35.5. The van der Waals surface area contributed by atoms with Gasteiger partial charge in [0.2, 0.25) is 0 Å². The zero-order valence-corrected chi connectivity index (χ0v) is 14.4. The second-order valence-electron chi connectivity index (χ2n) is 6.00. The van der Waals surface area contributed by atoms with Crippen LogP contribution in [-0.4, -0.2) is 29.6 Å². The molecule has 21 heavy (non-hydrogen) atoms. The lowest BCUT2D eigenvalue weighted by atomic mass is 9.96. The molecule has 2 rings (SSSR count). The summed E-state index contributed by atoms with van der Waals surface area (Å²) in [5.41, 5.74) is 0.789. The molecule has 0 saturated carbocycles. The second kappa shape index (κ2) is 8.44. The maximum absolute atomic E-state index is 12.0. The summed E-state index contributed by atoms with van der Waals surface area (Å²) in [5.74, 6) is -0.0146. The van der Waals surface area contributed by atoms with Crippen LogP contribution < -0.4 is 4.90 Å². The molecule has 0 atom stereocenters. The van der Waals surface area contributed by atoms with E-state index >= 15 is 0 Å². The largest absolute Gasteiger partial charge is 0.460 e. The van der Waals surface area contributed by atoms with Gasteiger partial charge >= 0.3 is 5.97 Å². The van der Waals surface area contributed by atoms with Crippen molar-refractivity contribution in [2.24, 2.45) is 5.92 Å². The molecule has 0 radical (unpaired) electrons. The number of halogens is 2. The first-order valence-electron chi connectivity index (χ1n) is 6.83. The Kier molecular flexibility index (Phi) is 8.04. The number of pyridine rings is 1. The molecule has 0 aliphatic carbocycles. The van der Waals surface area contributed by atoms with E-state index in [-0.39, 0.29) is 42.3 Å². The minimum Gasteiger partial charge on any atom is -0.460 e. The minimum absolute atomic E-state index is 0. The van der Waals surface area contributed by atoms with Gasteiger partial charge in [0.25, 0.3) is 0 Å². The number of esters is 1. The van der Waals surface area contributed by atoms with Crippen LogP contribution in [0.4, 0.5) is 5.69 Å². The molecule has 0 spiro atoms. The van der Waals surface area contributed by atoms with E-state index in [1.165, 1.54) is 5.69 Å². The standard InChI is InChI=1S/C15H22N2O2.2ClH/c1-15(2,3)19-14(18)12-6-10-17(11-7-12)13-4-8-16-9-5-13;;/h4-5,8-9,12H,6-7,10-11H2,1-3H3;2*1H. The summed E-state index contributed by atoms with van der Waals surface area (Å²) in [4.78, 5) is 18.3. The summed E-state index contributed by atoms with van der Waals surface area (Å²) in [5, 5.41) is 0. The fraction of sp³-hybridized carbons (Fsp3) is 0.600. The monoisotopic (exact) mass is 334 g/mol. The molecule has 1 fully saturated rings. The lowest BCUT2D eigenvalue weighted by Gasteiger charge is -2.33. The summed E-state index contributed by atoms with van der Waals surface area (Å²) in [6.07, 6.45) is 5.32. The van der Waals surface area contributed by atoms with Gasteiger partial charge in [0, 0.05) is 31.2 Å². The zero-order chi connectivity index (χ0) is 13.9. The highest BCUT2D eigenvalue weighted by Gasteiger charge is 2.29. The predicted molar refractivity (Wildman–Crippen MR) is 89.5 cm³/mol. The normalized spacial score (nSPS) is 15.7. The molecule has 1 saturated heterocycles. The number of carbonyl (C=O) groups excluding carboxylic acids is 1. The molecule has 0 unspecified atom stereocenters. The fourth-order valence-electron chi connectivity index (χ4n) is 2.31. The molecule has 6 heteroatoms. The van der Waals surface area contributed by atoms with Crippen molar-refractivity contribution in [2.45, 2.75) is 39.2 Å². The second-order valence-corrected chi connectivity index (χ2v) is 6.00. The molecule has 1 aromatic heterocycles. The van der Waals surface area contributed by atoms with E-state index in [9.17, 15) is 4.79 Å². The molecule has 120 valence electrons. The highest BCUT2D eigenvalue weighted by molar-refractivity contribution is 5.85. The van der Waals surface area contributed by atoms with Crippen LogP contribution in [0, 0.1) is 5.92 Å². The summed E-state index contributed by atoms with van der Waals surface area (Å²) in [7, 11) is 0. The summed E-state index contributed by atoms with van der Waals surface area (Å²) in [6.45, 7) is 7.53. The topological polar surface area (TPSA) is 42.4 Å². The van der Waals surface area contributed by atoms with Crippen molar-refractivity contribution in [1.82, 2.24) is 4.98 Å². The first-order valence-corrected chi connectivity index (χ1v) is 6.83. The van der Waals surface area contributed by atoms with Gasteiger partial charge in [-0.25, -0.2) is 0 Å². The molecule has 0 bridgehead atoms. The van der Waals surface area contributed by atoms with Crippen molar-refractivity contribution in [3.05, 3.63) is 24.5 Å². The summed E-state index contributed by atoms with van der Waals surface area (Å²) in [6, 6.07) is 4.02. The number of hydrogen-bond donors (Lipinski definition) is 0. The van der Waals surface area contributed by atoms with Crippen molar-refractivity contribution in [3.63, 3.8) is 0 Å². The van der Waals surface area contributed by atoms with Crippen LogP contribution in [0.1, 0.15) is 33.6 Å². The Morgan fingerprint density at radius 3 is 2.19 bits per heavy atom. The quantitative estimate of drug-likeness (QED) is 0.776. The van der Waals surface area contributed by atoms with Gasteiger partial charge in [0.1, 0.15) is 5.60 Å². The lowest BCUT2D eigenvalue weighted by molar-refractivity contribution is -0.160. The molecule has 1 aromatic rings. The zero-order valence-electron chi connectivity index (χ0n) is 12.7. The van der Waals surface area contributed by atoms with E-state index in [4.69, 9.17) is 4.74 Å². The molecular formula is C15H24Cl2N2O2. The Balaban J connectivity index is 0.00000200. The Bertz CT molecular complexity index is 427. The van der Waals surface area contributed by atoms with Gasteiger partial charge < -0.3 is 9.64 Å². The van der Waals surface area contributed by atoms with E-state index in [2.05, 4.69) is 9.88 Å². The highest BCUT2D eigenvalue weighted by Crippen LogP contribution is 2.24. The third kappa shape index (κ3) is 6.10. The molecule has 4 nitrogen and oxygen atoms in total. The minimum atomic E-state index is -0.390. The first-order chi connectivity index (χ1) is 8.96. The van der Waals surface area contributed by atoms with Crippen molar-refractivity contribution >= 4 is 36.5 Å². The summed E-state index contributed by atoms with van der Waals surface area (Å²) >= 11 is 0. The van der Waals surface area contributed by atoms with Crippen molar-refractivity contribution in [1.29, 1.82) is 0 Å². The number of rotatable bonds is 2. The van der Waals surface area contributed by atoms with Gasteiger partial charge in [0.15, 0.2) is 0 Å². The van der Waals surface area contributed by atoms with Gasteiger partial charge in [-0.1, -0.05) is 0 Å². The Hall–Kier alpha value is -1.00. The number of ether oxygens (including phenoxy) is 1. The smallest absolute Gasteiger partial charge is 0.309 e. The number of aromatic nitrogens is 1. The number of nitrogens with zero attached hydrogens (tertiary/aromatic N) is 2. The molecule has 2 heterocycles. The third-order valence-corrected chi connectivity index (χ3v) is 3.26. The SMILES string of the molecule is CC(C)(C)OC(=O)C1CCN(c2ccncc2)CC1.Cl.Cl. The fourth-order valence-corrected chi connectivity index (χ4v) is 2.31. The van der Waals surface area contributed by atoms with Crippen LogP contribution in [-0.2, 0) is 9.53 Å². The molecule has 0 amide bonds. The Morgan fingerprint density at radius 2 is 1.71 bits per heavy atom. The molecule has 0 N–H and O–H groups in total. The van der Waals surface area contributed by atoms with Gasteiger partial charge in [-0.3, -0.25) is 9.78 Å². The van der Waals surface area contributed by atoms with E-state index < -0.39 is 0 Å². The third-order valence-electron chi connectivity index (χ3n) is 3.26. The van der Waals surface area contributed by atoms with Crippen molar-refractivity contribution < 1.29 is 9.53 Å². The van der Waals surface area contributed by atoms with E-state index in [0.29, 0.717) is 0 Å². The lowest BCUT2D eigenvalue weighted by Crippen LogP contribution is -2.38. The molecule has 1 aliphatic heterocycles. The van der Waals surface area contributed by atoms with Gasteiger partial charge in [-0.15, -0.1) is 24.8 Å². The number of carbonyl (C=O) groups is 1. The Labute approximate surface area is 139 Å². The average Bonchev–Trinajstić information content (AvgIpc) is 2.38. The van der Waals surface area contributed by atoms with E-state index in [1.54, 1.807) is 12.4 Å². The molecule has 0 aromatic carbocycles. The van der Waals surface area contributed by atoms with Gasteiger partial charge in [0.05, 0.1) is 5.92 Å². The van der Waals surface area contributed by atoms with E-state index in [0.717, 1.165) is 25.9 Å². The molecule has 1 aliphatic rings. The van der Waals surface area contributed by atoms with Crippen LogP contribution in [0.3, 0.4) is 0 Å². The van der Waals surface area contributed by atoms with Crippen LogP contribution in [0.5, 0.6) is 0 Å². The average molecular weight is 335 g/mol. The Morgan fingerprint density at radius 1 is 1.19 bits per heavy atom. The maximum atomic E-state index is 12.0. The van der Waals surface area contributed by atoms with Crippen molar-refractivity contribution in [3.8, 4) is 0 Å². The van der Waals surface area contributed by atoms with Gasteiger partial charge in [-0.2, -0.15) is 0 Å². The van der Waals surface area contributed by atoms with Crippen LogP contribution >= 0.6 is 24.8 Å². The first kappa shape index (κ1) is 20.0. The van der Waals surface area contributed by atoms with Crippen LogP contribution in [0.2, 0.25) is 0 Å². The van der Waals surface area contributed by atoms with E-state index in [1.807, 2.05) is 32.9 Å². The van der Waals surface area contributed by atoms with Crippen LogP contribution in [0.15, 0.2) is 24.5 Å². The maximum Gasteiger partial charge on any atom is 0.309 e. The predicted octanol–water partition coefficient (Wildman–Crippen LogP) is 3.48.